The molecule has 0 aliphatic heterocycles. The molecule has 4 N–H and O–H groups in total. The smallest absolute Gasteiger partial charge is 0.315 e. The molecule has 1 aromatic rings. The molecule has 2 rings (SSSR count). The Morgan fingerprint density at radius 3 is 2.50 bits per heavy atom. The van der Waals surface area contributed by atoms with Gasteiger partial charge in [0.1, 0.15) is 0 Å². The van der Waals surface area contributed by atoms with Gasteiger partial charge in [-0.15, -0.1) is 0 Å². The highest BCUT2D eigenvalue weighted by Crippen LogP contribution is 2.16. The quantitative estimate of drug-likeness (QED) is 0.762. The molecule has 1 aliphatic carbocycles. The summed E-state index contributed by atoms with van der Waals surface area (Å²) in [6, 6.07) is 10.4. The monoisotopic (exact) mass is 247 g/mol. The Labute approximate surface area is 108 Å². The van der Waals surface area contributed by atoms with Gasteiger partial charge in [0.2, 0.25) is 0 Å². The van der Waals surface area contributed by atoms with Crippen molar-refractivity contribution < 1.29 is 4.79 Å². The van der Waals surface area contributed by atoms with Crippen molar-refractivity contribution in [2.45, 2.75) is 44.3 Å². The predicted molar refractivity (Wildman–Crippen MR) is 72.0 cm³/mol. The van der Waals surface area contributed by atoms with Crippen LogP contribution in [-0.2, 0) is 6.54 Å². The first-order valence-corrected chi connectivity index (χ1v) is 6.58. The summed E-state index contributed by atoms with van der Waals surface area (Å²) in [5, 5.41) is 5.88. The van der Waals surface area contributed by atoms with Crippen LogP contribution in [0.1, 0.15) is 31.2 Å². The highest BCUT2D eigenvalue weighted by atomic mass is 16.2. The Bertz CT molecular complexity index is 372. The molecule has 4 heteroatoms. The van der Waals surface area contributed by atoms with Crippen molar-refractivity contribution in [3.63, 3.8) is 0 Å². The highest BCUT2D eigenvalue weighted by molar-refractivity contribution is 5.74. The van der Waals surface area contributed by atoms with Gasteiger partial charge < -0.3 is 16.4 Å². The largest absolute Gasteiger partial charge is 0.335 e. The number of urea groups is 1. The Balaban J connectivity index is 1.69. The number of rotatable bonds is 3. The van der Waals surface area contributed by atoms with Crippen LogP contribution in [0.25, 0.3) is 0 Å². The van der Waals surface area contributed by atoms with Gasteiger partial charge in [0.05, 0.1) is 0 Å². The normalized spacial score (nSPS) is 23.4. The minimum Gasteiger partial charge on any atom is -0.335 e. The lowest BCUT2D eigenvalue weighted by molar-refractivity contribution is 0.231. The average Bonchev–Trinajstić information content (AvgIpc) is 2.40. The lowest BCUT2D eigenvalue weighted by Crippen LogP contribution is -2.44. The summed E-state index contributed by atoms with van der Waals surface area (Å²) >= 11 is 0. The Morgan fingerprint density at radius 2 is 1.83 bits per heavy atom. The summed E-state index contributed by atoms with van der Waals surface area (Å²) in [4.78, 5) is 11.7. The number of carbonyl (C=O) groups is 1. The third-order valence-electron chi connectivity index (χ3n) is 3.40. The first-order chi connectivity index (χ1) is 8.74. The Morgan fingerprint density at radius 1 is 1.17 bits per heavy atom. The van der Waals surface area contributed by atoms with E-state index in [2.05, 4.69) is 10.6 Å². The van der Waals surface area contributed by atoms with Crippen LogP contribution in [-0.4, -0.2) is 18.1 Å². The Hall–Kier alpha value is -1.55. The van der Waals surface area contributed by atoms with Crippen LogP contribution in [0.15, 0.2) is 30.3 Å². The van der Waals surface area contributed by atoms with E-state index in [0.717, 1.165) is 31.2 Å². The van der Waals surface area contributed by atoms with Crippen molar-refractivity contribution >= 4 is 6.03 Å². The molecule has 0 atom stereocenters. The second-order valence-corrected chi connectivity index (χ2v) is 4.92. The Kier molecular flexibility index (Phi) is 4.59. The second kappa shape index (κ2) is 6.40. The molecular weight excluding hydrogens is 226 g/mol. The second-order valence-electron chi connectivity index (χ2n) is 4.92. The molecule has 18 heavy (non-hydrogen) atoms. The predicted octanol–water partition coefficient (Wildman–Crippen LogP) is 1.76. The van der Waals surface area contributed by atoms with Gasteiger partial charge in [-0.2, -0.15) is 0 Å². The molecule has 0 aromatic heterocycles. The molecule has 0 unspecified atom stereocenters. The lowest BCUT2D eigenvalue weighted by atomic mass is 9.92. The molecule has 2 amide bonds. The number of carbonyl (C=O) groups excluding carboxylic acids is 1. The van der Waals surface area contributed by atoms with E-state index in [1.54, 1.807) is 0 Å². The fourth-order valence-corrected chi connectivity index (χ4v) is 2.28. The van der Waals surface area contributed by atoms with E-state index < -0.39 is 0 Å². The highest BCUT2D eigenvalue weighted by Gasteiger charge is 2.19. The summed E-state index contributed by atoms with van der Waals surface area (Å²) < 4.78 is 0. The zero-order valence-electron chi connectivity index (χ0n) is 10.6. The number of nitrogens with one attached hydrogen (secondary N) is 2. The van der Waals surface area contributed by atoms with Crippen molar-refractivity contribution in [1.29, 1.82) is 0 Å². The molecule has 1 aromatic carbocycles. The zero-order chi connectivity index (χ0) is 12.8. The van der Waals surface area contributed by atoms with E-state index in [9.17, 15) is 4.79 Å². The molecule has 1 fully saturated rings. The fourth-order valence-electron chi connectivity index (χ4n) is 2.28. The summed E-state index contributed by atoms with van der Waals surface area (Å²) in [6.07, 6.45) is 3.98. The molecule has 98 valence electrons. The molecule has 0 bridgehead atoms. The number of amides is 2. The van der Waals surface area contributed by atoms with Gasteiger partial charge in [-0.3, -0.25) is 0 Å². The first kappa shape index (κ1) is 12.9. The van der Waals surface area contributed by atoms with Gasteiger partial charge >= 0.3 is 6.03 Å². The number of benzene rings is 1. The zero-order valence-corrected chi connectivity index (χ0v) is 10.6. The first-order valence-electron chi connectivity index (χ1n) is 6.58. The number of nitrogens with two attached hydrogens (primary N) is 1. The third-order valence-corrected chi connectivity index (χ3v) is 3.40. The maximum absolute atomic E-state index is 11.7. The van der Waals surface area contributed by atoms with Crippen molar-refractivity contribution in [3.05, 3.63) is 35.9 Å². The molecule has 4 nitrogen and oxygen atoms in total. The maximum Gasteiger partial charge on any atom is 0.315 e. The molecule has 0 saturated heterocycles. The number of hydrogen-bond donors (Lipinski definition) is 3. The van der Waals surface area contributed by atoms with E-state index in [0.29, 0.717) is 12.6 Å². The van der Waals surface area contributed by atoms with Crippen molar-refractivity contribution in [2.75, 3.05) is 0 Å². The van der Waals surface area contributed by atoms with Gasteiger partial charge in [-0.05, 0) is 31.2 Å². The van der Waals surface area contributed by atoms with Crippen molar-refractivity contribution in [2.24, 2.45) is 5.73 Å². The van der Waals surface area contributed by atoms with Gasteiger partial charge in [0, 0.05) is 18.6 Å². The van der Waals surface area contributed by atoms with Crippen LogP contribution >= 0.6 is 0 Å². The molecule has 0 radical (unpaired) electrons. The van der Waals surface area contributed by atoms with Crippen LogP contribution in [0.5, 0.6) is 0 Å². The van der Waals surface area contributed by atoms with E-state index >= 15 is 0 Å². The van der Waals surface area contributed by atoms with Crippen LogP contribution in [0.3, 0.4) is 0 Å². The maximum atomic E-state index is 11.7. The molecule has 0 heterocycles. The SMILES string of the molecule is NC1CCC(NC(=O)NCc2ccccc2)CC1. The molecular formula is C14H21N3O. The van der Waals surface area contributed by atoms with E-state index in [1.165, 1.54) is 0 Å². The molecule has 0 spiro atoms. The summed E-state index contributed by atoms with van der Waals surface area (Å²) in [6.45, 7) is 0.568. The molecule has 1 saturated carbocycles. The average molecular weight is 247 g/mol. The van der Waals surface area contributed by atoms with Crippen LogP contribution in [0, 0.1) is 0 Å². The van der Waals surface area contributed by atoms with E-state index in [1.807, 2.05) is 30.3 Å². The standard InChI is InChI=1S/C14H21N3O/c15-12-6-8-13(9-7-12)17-14(18)16-10-11-4-2-1-3-5-11/h1-5,12-13H,6-10,15H2,(H2,16,17,18). The summed E-state index contributed by atoms with van der Waals surface area (Å²) in [5.41, 5.74) is 6.94. The minimum atomic E-state index is -0.0840. The lowest BCUT2D eigenvalue weighted by Gasteiger charge is -2.26. The molecule has 1 aliphatic rings. The van der Waals surface area contributed by atoms with Gasteiger partial charge in [-0.25, -0.2) is 4.79 Å². The van der Waals surface area contributed by atoms with Crippen LogP contribution in [0.2, 0.25) is 0 Å². The fraction of sp³-hybridized carbons (Fsp3) is 0.500. The van der Waals surface area contributed by atoms with Gasteiger partial charge in [-0.1, -0.05) is 30.3 Å². The number of hydrogen-bond acceptors (Lipinski definition) is 2. The summed E-state index contributed by atoms with van der Waals surface area (Å²) in [7, 11) is 0. The van der Waals surface area contributed by atoms with Gasteiger partial charge in [0.25, 0.3) is 0 Å². The summed E-state index contributed by atoms with van der Waals surface area (Å²) in [5.74, 6) is 0. The van der Waals surface area contributed by atoms with Crippen LogP contribution in [0.4, 0.5) is 4.79 Å². The third kappa shape index (κ3) is 4.04. The van der Waals surface area contributed by atoms with E-state index in [-0.39, 0.29) is 12.1 Å². The topological polar surface area (TPSA) is 67.1 Å². The van der Waals surface area contributed by atoms with E-state index in [4.69, 9.17) is 5.73 Å². The van der Waals surface area contributed by atoms with Gasteiger partial charge in [0.15, 0.2) is 0 Å². The minimum absolute atomic E-state index is 0.0840. The van der Waals surface area contributed by atoms with Crippen LogP contribution < -0.4 is 16.4 Å². The van der Waals surface area contributed by atoms with Crippen molar-refractivity contribution in [3.8, 4) is 0 Å². The van der Waals surface area contributed by atoms with Crippen molar-refractivity contribution in [1.82, 2.24) is 10.6 Å².